The molecule has 0 aliphatic rings. The van der Waals surface area contributed by atoms with E-state index in [-0.39, 0.29) is 11.8 Å². The van der Waals surface area contributed by atoms with E-state index < -0.39 is 0 Å². The molecular weight excluding hydrogens is 224 g/mol. The molecule has 18 heavy (non-hydrogen) atoms. The Morgan fingerprint density at radius 2 is 2.00 bits per heavy atom. The molecule has 0 saturated heterocycles. The zero-order valence-corrected chi connectivity index (χ0v) is 11.3. The van der Waals surface area contributed by atoms with Gasteiger partial charge in [0.05, 0.1) is 7.11 Å². The highest BCUT2D eigenvalue weighted by atomic mass is 16.5. The van der Waals surface area contributed by atoms with Crippen molar-refractivity contribution < 1.29 is 9.53 Å². The molecule has 0 aromatic heterocycles. The number of carbonyl (C=O) groups is 1. The van der Waals surface area contributed by atoms with E-state index in [1.165, 1.54) is 0 Å². The van der Waals surface area contributed by atoms with Crippen LogP contribution in [0.15, 0.2) is 36.9 Å². The highest BCUT2D eigenvalue weighted by molar-refractivity contribution is 5.57. The minimum atomic E-state index is 0.0239. The van der Waals surface area contributed by atoms with E-state index in [1.807, 2.05) is 30.3 Å². The lowest BCUT2D eigenvalue weighted by Gasteiger charge is -2.20. The molecule has 0 saturated carbocycles. The van der Waals surface area contributed by atoms with Crippen molar-refractivity contribution in [1.29, 1.82) is 0 Å². The van der Waals surface area contributed by atoms with Crippen LogP contribution in [0.4, 0.5) is 0 Å². The zero-order valence-electron chi connectivity index (χ0n) is 11.3. The van der Waals surface area contributed by atoms with Crippen LogP contribution < -0.4 is 4.74 Å². The summed E-state index contributed by atoms with van der Waals surface area (Å²) in [5.41, 5.74) is 1.12. The number of hydrogen-bond donors (Lipinski definition) is 0. The smallest absolute Gasteiger partial charge is 0.123 e. The molecule has 0 aliphatic carbocycles. The Hall–Kier alpha value is -1.57. The summed E-state index contributed by atoms with van der Waals surface area (Å²) in [7, 11) is 1.65. The van der Waals surface area contributed by atoms with Gasteiger partial charge < -0.3 is 9.53 Å². The average Bonchev–Trinajstić information content (AvgIpc) is 2.43. The number of hydrogen-bond acceptors (Lipinski definition) is 2. The van der Waals surface area contributed by atoms with E-state index in [9.17, 15) is 4.79 Å². The van der Waals surface area contributed by atoms with Crippen LogP contribution in [0.1, 0.15) is 37.7 Å². The first-order valence-electron chi connectivity index (χ1n) is 6.48. The maximum atomic E-state index is 11.2. The Morgan fingerprint density at radius 3 is 2.44 bits per heavy atom. The van der Waals surface area contributed by atoms with Crippen LogP contribution in [0.2, 0.25) is 0 Å². The number of benzene rings is 1. The maximum Gasteiger partial charge on any atom is 0.123 e. The number of aldehydes is 1. The topological polar surface area (TPSA) is 26.3 Å². The summed E-state index contributed by atoms with van der Waals surface area (Å²) in [5, 5.41) is 0. The molecule has 0 aliphatic heterocycles. The van der Waals surface area contributed by atoms with Gasteiger partial charge in [0, 0.05) is 11.8 Å². The minimum Gasteiger partial charge on any atom is -0.497 e. The van der Waals surface area contributed by atoms with Crippen LogP contribution in [0, 0.1) is 5.92 Å². The van der Waals surface area contributed by atoms with Crippen molar-refractivity contribution in [1.82, 2.24) is 0 Å². The van der Waals surface area contributed by atoms with Crippen LogP contribution in [0.5, 0.6) is 5.75 Å². The Bertz CT molecular complexity index is 367. The molecule has 0 unspecified atom stereocenters. The van der Waals surface area contributed by atoms with Crippen LogP contribution in [0.3, 0.4) is 0 Å². The molecule has 98 valence electrons. The van der Waals surface area contributed by atoms with Crippen LogP contribution >= 0.6 is 0 Å². The van der Waals surface area contributed by atoms with Gasteiger partial charge in [-0.3, -0.25) is 0 Å². The number of methoxy groups -OCH3 is 1. The quantitative estimate of drug-likeness (QED) is 0.512. The number of ether oxygens (including phenoxy) is 1. The zero-order chi connectivity index (χ0) is 13.4. The fraction of sp³-hybridized carbons (Fsp3) is 0.438. The van der Waals surface area contributed by atoms with Gasteiger partial charge in [-0.2, -0.15) is 0 Å². The van der Waals surface area contributed by atoms with Crippen molar-refractivity contribution in [3.8, 4) is 5.75 Å². The molecule has 0 fully saturated rings. The van der Waals surface area contributed by atoms with E-state index in [0.29, 0.717) is 0 Å². The monoisotopic (exact) mass is 246 g/mol. The number of carbonyl (C=O) groups excluding carboxylic acids is 1. The van der Waals surface area contributed by atoms with Gasteiger partial charge in [0.2, 0.25) is 0 Å². The lowest BCUT2D eigenvalue weighted by molar-refractivity contribution is -0.111. The van der Waals surface area contributed by atoms with Crippen LogP contribution in [-0.4, -0.2) is 13.4 Å². The molecule has 1 aromatic rings. The first-order valence-corrected chi connectivity index (χ1v) is 6.48. The Balaban J connectivity index is 2.85. The van der Waals surface area contributed by atoms with Gasteiger partial charge in [-0.05, 0) is 24.1 Å². The first-order chi connectivity index (χ1) is 8.76. The van der Waals surface area contributed by atoms with E-state index in [0.717, 1.165) is 36.9 Å². The molecule has 1 rings (SSSR count). The largest absolute Gasteiger partial charge is 0.497 e. The number of allylic oxidation sites excluding steroid dienone is 1. The van der Waals surface area contributed by atoms with Gasteiger partial charge in [-0.15, -0.1) is 6.58 Å². The standard InChI is InChI=1S/C16H22O2/c1-4-6-7-14(12-17)16(5-2)13-8-10-15(18-3)11-9-13/h5,8-12,14,16H,2,4,6-7H2,1,3H3/t14-,16-/m0/s1. The third kappa shape index (κ3) is 3.73. The third-order valence-electron chi connectivity index (χ3n) is 3.28. The molecule has 2 nitrogen and oxygen atoms in total. The lowest BCUT2D eigenvalue weighted by atomic mass is 9.84. The second kappa shape index (κ2) is 7.70. The molecular formula is C16H22O2. The molecule has 2 heteroatoms. The fourth-order valence-electron chi connectivity index (χ4n) is 2.16. The van der Waals surface area contributed by atoms with Gasteiger partial charge in [0.15, 0.2) is 0 Å². The van der Waals surface area contributed by atoms with Gasteiger partial charge >= 0.3 is 0 Å². The van der Waals surface area contributed by atoms with Crippen molar-refractivity contribution in [2.24, 2.45) is 5.92 Å². The van der Waals surface area contributed by atoms with Gasteiger partial charge in [0.25, 0.3) is 0 Å². The summed E-state index contributed by atoms with van der Waals surface area (Å²) >= 11 is 0. The molecule has 0 radical (unpaired) electrons. The maximum absolute atomic E-state index is 11.2. The summed E-state index contributed by atoms with van der Waals surface area (Å²) < 4.78 is 5.14. The summed E-state index contributed by atoms with van der Waals surface area (Å²) in [4.78, 5) is 11.2. The van der Waals surface area contributed by atoms with Crippen molar-refractivity contribution >= 4 is 6.29 Å². The van der Waals surface area contributed by atoms with E-state index in [2.05, 4.69) is 13.5 Å². The van der Waals surface area contributed by atoms with E-state index in [1.54, 1.807) is 7.11 Å². The lowest BCUT2D eigenvalue weighted by Crippen LogP contribution is -2.12. The predicted molar refractivity (Wildman–Crippen MR) is 75.0 cm³/mol. The molecule has 1 aromatic carbocycles. The second-order valence-corrected chi connectivity index (χ2v) is 4.48. The second-order valence-electron chi connectivity index (χ2n) is 4.48. The van der Waals surface area contributed by atoms with E-state index in [4.69, 9.17) is 4.74 Å². The van der Waals surface area contributed by atoms with Gasteiger partial charge in [-0.1, -0.05) is 38.0 Å². The number of rotatable bonds is 8. The SMILES string of the molecule is C=C[C@@H](c1ccc(OC)cc1)[C@H](C=O)CCCC. The average molecular weight is 246 g/mol. The summed E-state index contributed by atoms with van der Waals surface area (Å²) in [6.45, 7) is 6.00. The molecule has 2 atom stereocenters. The third-order valence-corrected chi connectivity index (χ3v) is 3.28. The Kier molecular flexibility index (Phi) is 6.20. The molecule has 0 N–H and O–H groups in total. The minimum absolute atomic E-state index is 0.0239. The highest BCUT2D eigenvalue weighted by Crippen LogP contribution is 2.29. The fourth-order valence-corrected chi connectivity index (χ4v) is 2.16. The number of unbranched alkanes of at least 4 members (excludes halogenated alkanes) is 1. The van der Waals surface area contributed by atoms with Gasteiger partial charge in [-0.25, -0.2) is 0 Å². The first kappa shape index (κ1) is 14.5. The molecule has 0 spiro atoms. The summed E-state index contributed by atoms with van der Waals surface area (Å²) in [5.74, 6) is 0.952. The predicted octanol–water partition coefficient (Wildman–Crippen LogP) is 3.97. The molecule has 0 amide bonds. The Morgan fingerprint density at radius 1 is 1.33 bits per heavy atom. The normalized spacial score (nSPS) is 13.7. The van der Waals surface area contributed by atoms with Crippen LogP contribution in [0.25, 0.3) is 0 Å². The van der Waals surface area contributed by atoms with Crippen molar-refractivity contribution in [2.75, 3.05) is 7.11 Å². The van der Waals surface area contributed by atoms with Crippen LogP contribution in [-0.2, 0) is 4.79 Å². The van der Waals surface area contributed by atoms with Crippen molar-refractivity contribution in [2.45, 2.75) is 32.1 Å². The van der Waals surface area contributed by atoms with E-state index >= 15 is 0 Å². The van der Waals surface area contributed by atoms with Crippen molar-refractivity contribution in [3.05, 3.63) is 42.5 Å². The van der Waals surface area contributed by atoms with Crippen molar-refractivity contribution in [3.63, 3.8) is 0 Å². The summed E-state index contributed by atoms with van der Waals surface area (Å²) in [6.07, 6.45) is 6.03. The summed E-state index contributed by atoms with van der Waals surface area (Å²) in [6, 6.07) is 7.86. The molecule has 0 bridgehead atoms. The highest BCUT2D eigenvalue weighted by Gasteiger charge is 2.19. The Labute approximate surface area is 110 Å². The van der Waals surface area contributed by atoms with Gasteiger partial charge in [0.1, 0.15) is 12.0 Å². The molecule has 0 heterocycles.